The SMILES string of the molecule is CCCOc1cccc(C(=O)Nc2ccoc2)c1. The summed E-state index contributed by atoms with van der Waals surface area (Å²) >= 11 is 0. The highest BCUT2D eigenvalue weighted by molar-refractivity contribution is 6.04. The van der Waals surface area contributed by atoms with Crippen LogP contribution in [0, 0.1) is 0 Å². The lowest BCUT2D eigenvalue weighted by molar-refractivity contribution is 0.102. The van der Waals surface area contributed by atoms with Crippen LogP contribution in [0.1, 0.15) is 23.7 Å². The van der Waals surface area contributed by atoms with Gasteiger partial charge in [-0.3, -0.25) is 4.79 Å². The molecule has 0 saturated carbocycles. The first kappa shape index (κ1) is 12.2. The van der Waals surface area contributed by atoms with Crippen molar-refractivity contribution in [2.75, 3.05) is 11.9 Å². The van der Waals surface area contributed by atoms with Gasteiger partial charge in [-0.15, -0.1) is 0 Å². The highest BCUT2D eigenvalue weighted by Gasteiger charge is 2.07. The number of rotatable bonds is 5. The van der Waals surface area contributed by atoms with Gasteiger partial charge in [0.1, 0.15) is 12.0 Å². The third-order valence-corrected chi connectivity index (χ3v) is 2.35. The number of hydrogen-bond donors (Lipinski definition) is 1. The second-order valence-electron chi connectivity index (χ2n) is 3.84. The van der Waals surface area contributed by atoms with Crippen molar-refractivity contribution in [1.82, 2.24) is 0 Å². The van der Waals surface area contributed by atoms with Gasteiger partial charge in [-0.2, -0.15) is 0 Å². The maximum atomic E-state index is 11.9. The summed E-state index contributed by atoms with van der Waals surface area (Å²) in [4.78, 5) is 11.9. The maximum absolute atomic E-state index is 11.9. The molecule has 0 aliphatic rings. The van der Waals surface area contributed by atoms with Crippen molar-refractivity contribution in [2.24, 2.45) is 0 Å². The van der Waals surface area contributed by atoms with Crippen molar-refractivity contribution >= 4 is 11.6 Å². The minimum atomic E-state index is -0.182. The van der Waals surface area contributed by atoms with Gasteiger partial charge in [-0.25, -0.2) is 0 Å². The highest BCUT2D eigenvalue weighted by atomic mass is 16.5. The number of furan rings is 1. The summed E-state index contributed by atoms with van der Waals surface area (Å²) in [7, 11) is 0. The van der Waals surface area contributed by atoms with E-state index in [0.29, 0.717) is 23.6 Å². The first-order valence-corrected chi connectivity index (χ1v) is 5.86. The number of carbonyl (C=O) groups is 1. The van der Waals surface area contributed by atoms with E-state index in [0.717, 1.165) is 6.42 Å². The zero-order valence-electron chi connectivity index (χ0n) is 10.2. The van der Waals surface area contributed by atoms with Crippen molar-refractivity contribution in [3.63, 3.8) is 0 Å². The van der Waals surface area contributed by atoms with Crippen molar-refractivity contribution in [3.05, 3.63) is 48.4 Å². The lowest BCUT2D eigenvalue weighted by Crippen LogP contribution is -2.11. The number of nitrogens with one attached hydrogen (secondary N) is 1. The Morgan fingerprint density at radius 1 is 1.39 bits per heavy atom. The minimum absolute atomic E-state index is 0.182. The van der Waals surface area contributed by atoms with Gasteiger partial charge in [-0.05, 0) is 30.7 Å². The van der Waals surface area contributed by atoms with Gasteiger partial charge < -0.3 is 14.5 Å². The molecule has 1 aromatic carbocycles. The first-order chi connectivity index (χ1) is 8.79. The molecule has 0 fully saturated rings. The smallest absolute Gasteiger partial charge is 0.255 e. The van der Waals surface area contributed by atoms with E-state index < -0.39 is 0 Å². The summed E-state index contributed by atoms with van der Waals surface area (Å²) in [6.45, 7) is 2.68. The van der Waals surface area contributed by atoms with Crippen LogP contribution < -0.4 is 10.1 Å². The standard InChI is InChI=1S/C14H15NO3/c1-2-7-18-13-5-3-4-11(9-13)14(16)15-12-6-8-17-10-12/h3-6,8-10H,2,7H2,1H3,(H,15,16). The van der Waals surface area contributed by atoms with Crippen LogP contribution in [0.3, 0.4) is 0 Å². The number of anilines is 1. The molecule has 4 heteroatoms. The highest BCUT2D eigenvalue weighted by Crippen LogP contribution is 2.15. The quantitative estimate of drug-likeness (QED) is 0.879. The summed E-state index contributed by atoms with van der Waals surface area (Å²) in [6, 6.07) is 8.80. The molecule has 94 valence electrons. The maximum Gasteiger partial charge on any atom is 0.255 e. The molecule has 0 atom stereocenters. The van der Waals surface area contributed by atoms with Gasteiger partial charge in [0.15, 0.2) is 0 Å². The van der Waals surface area contributed by atoms with Crippen molar-refractivity contribution in [3.8, 4) is 5.75 Å². The van der Waals surface area contributed by atoms with Gasteiger partial charge >= 0.3 is 0 Å². The molecular formula is C14H15NO3. The average Bonchev–Trinajstić information content (AvgIpc) is 2.89. The van der Waals surface area contributed by atoms with E-state index in [2.05, 4.69) is 5.32 Å². The van der Waals surface area contributed by atoms with Gasteiger partial charge in [0.2, 0.25) is 0 Å². The monoisotopic (exact) mass is 245 g/mol. The van der Waals surface area contributed by atoms with Crippen molar-refractivity contribution < 1.29 is 13.9 Å². The third kappa shape index (κ3) is 3.13. The van der Waals surface area contributed by atoms with E-state index >= 15 is 0 Å². The van der Waals surface area contributed by atoms with E-state index in [9.17, 15) is 4.79 Å². The molecule has 0 unspecified atom stereocenters. The molecule has 1 heterocycles. The molecule has 0 radical (unpaired) electrons. The van der Waals surface area contributed by atoms with Crippen molar-refractivity contribution in [1.29, 1.82) is 0 Å². The molecular weight excluding hydrogens is 230 g/mol. The second kappa shape index (κ2) is 5.91. The van der Waals surface area contributed by atoms with E-state index in [1.807, 2.05) is 13.0 Å². The summed E-state index contributed by atoms with van der Waals surface area (Å²) in [6.07, 6.45) is 3.93. The zero-order chi connectivity index (χ0) is 12.8. The molecule has 0 saturated heterocycles. The van der Waals surface area contributed by atoms with Gasteiger partial charge in [-0.1, -0.05) is 13.0 Å². The Kier molecular flexibility index (Phi) is 4.02. The average molecular weight is 245 g/mol. The Hall–Kier alpha value is -2.23. The van der Waals surface area contributed by atoms with E-state index in [-0.39, 0.29) is 5.91 Å². The lowest BCUT2D eigenvalue weighted by atomic mass is 10.2. The number of hydrogen-bond acceptors (Lipinski definition) is 3. The largest absolute Gasteiger partial charge is 0.494 e. The number of ether oxygens (including phenoxy) is 1. The molecule has 1 N–H and O–H groups in total. The minimum Gasteiger partial charge on any atom is -0.494 e. The molecule has 2 rings (SSSR count). The fraction of sp³-hybridized carbons (Fsp3) is 0.214. The normalized spacial score (nSPS) is 10.1. The van der Waals surface area contributed by atoms with Crippen LogP contribution in [0.5, 0.6) is 5.75 Å². The van der Waals surface area contributed by atoms with Gasteiger partial charge in [0, 0.05) is 5.56 Å². The van der Waals surface area contributed by atoms with Crippen LogP contribution in [-0.4, -0.2) is 12.5 Å². The van der Waals surface area contributed by atoms with E-state index in [1.165, 1.54) is 12.5 Å². The predicted molar refractivity (Wildman–Crippen MR) is 68.9 cm³/mol. The molecule has 0 bridgehead atoms. The second-order valence-corrected chi connectivity index (χ2v) is 3.84. The fourth-order valence-corrected chi connectivity index (χ4v) is 1.49. The third-order valence-electron chi connectivity index (χ3n) is 2.35. The van der Waals surface area contributed by atoms with Crippen LogP contribution in [-0.2, 0) is 0 Å². The Labute approximate surface area is 106 Å². The van der Waals surface area contributed by atoms with Crippen LogP contribution in [0.15, 0.2) is 47.3 Å². The van der Waals surface area contributed by atoms with Gasteiger partial charge in [0.05, 0.1) is 18.6 Å². The summed E-state index contributed by atoms with van der Waals surface area (Å²) in [5, 5.41) is 2.73. The molecule has 0 spiro atoms. The van der Waals surface area contributed by atoms with Crippen LogP contribution in [0.4, 0.5) is 5.69 Å². The molecule has 0 aliphatic heterocycles. The topological polar surface area (TPSA) is 51.5 Å². The molecule has 2 aromatic rings. The molecule has 4 nitrogen and oxygen atoms in total. The molecule has 1 aromatic heterocycles. The van der Waals surface area contributed by atoms with E-state index in [1.54, 1.807) is 24.3 Å². The Morgan fingerprint density at radius 2 is 2.28 bits per heavy atom. The summed E-state index contributed by atoms with van der Waals surface area (Å²) < 4.78 is 10.4. The number of amides is 1. The van der Waals surface area contributed by atoms with Crippen LogP contribution in [0.2, 0.25) is 0 Å². The van der Waals surface area contributed by atoms with Gasteiger partial charge in [0.25, 0.3) is 5.91 Å². The molecule has 1 amide bonds. The summed E-state index contributed by atoms with van der Waals surface area (Å²) in [5.74, 6) is 0.523. The Morgan fingerprint density at radius 3 is 3.00 bits per heavy atom. The van der Waals surface area contributed by atoms with Crippen molar-refractivity contribution in [2.45, 2.75) is 13.3 Å². The van der Waals surface area contributed by atoms with Crippen LogP contribution >= 0.6 is 0 Å². The Bertz CT molecular complexity index is 506. The predicted octanol–water partition coefficient (Wildman–Crippen LogP) is 3.32. The number of benzene rings is 1. The zero-order valence-corrected chi connectivity index (χ0v) is 10.2. The summed E-state index contributed by atoms with van der Waals surface area (Å²) in [5.41, 5.74) is 1.20. The number of carbonyl (C=O) groups excluding carboxylic acids is 1. The molecule has 0 aliphatic carbocycles. The first-order valence-electron chi connectivity index (χ1n) is 5.86. The molecule has 18 heavy (non-hydrogen) atoms. The Balaban J connectivity index is 2.05. The lowest BCUT2D eigenvalue weighted by Gasteiger charge is -2.06. The van der Waals surface area contributed by atoms with E-state index in [4.69, 9.17) is 9.15 Å². The van der Waals surface area contributed by atoms with Crippen LogP contribution in [0.25, 0.3) is 0 Å². The fourth-order valence-electron chi connectivity index (χ4n) is 1.49.